The van der Waals surface area contributed by atoms with Crippen LogP contribution >= 0.6 is 11.6 Å². The zero-order valence-corrected chi connectivity index (χ0v) is 25.1. The number of hydrogen-bond donors (Lipinski definition) is 3. The van der Waals surface area contributed by atoms with Crippen LogP contribution in [-0.2, 0) is 5.54 Å². The number of ether oxygens (including phenoxy) is 1. The van der Waals surface area contributed by atoms with Gasteiger partial charge in [-0.15, -0.1) is 0 Å². The molecule has 1 amide bonds. The maximum Gasteiger partial charge on any atom is 0.422 e. The van der Waals surface area contributed by atoms with Gasteiger partial charge in [0.25, 0.3) is 5.91 Å². The zero-order valence-electron chi connectivity index (χ0n) is 24.4. The molecule has 12 heteroatoms. The second-order valence-electron chi connectivity index (χ2n) is 11.5. The molecule has 0 saturated heterocycles. The fraction of sp³-hybridized carbons (Fsp3) is 0.484. The maximum atomic E-state index is 12.9. The number of benzene rings is 2. The molecular weight excluding hydrogens is 581 g/mol. The van der Waals surface area contributed by atoms with Crippen molar-refractivity contribution in [3.8, 4) is 6.01 Å². The molecule has 5 rings (SSSR count). The molecule has 3 unspecified atom stereocenters. The predicted octanol–water partition coefficient (Wildman–Crippen LogP) is 7.50. The van der Waals surface area contributed by atoms with E-state index >= 15 is 0 Å². The number of nitrogens with zero attached hydrogens (tertiary/aromatic N) is 3. The standard InChI is InChI=1S/C31H36ClF3N6O2/c1-4-24-19(3)29(24,5-2)16-17-36-25(42)20-6-12-23(13-7-20)37-26-38-27(40-28(39-26)43-18-31(33,34)35)41-30(14-15-30)21-8-10-22(32)11-9-21/h6-13,19,24H,4-5,14-18H2,1-3H3,(H,36,42)(H2,37,38,39,40,41). The Morgan fingerprint density at radius 2 is 1.70 bits per heavy atom. The van der Waals surface area contributed by atoms with Crippen LogP contribution < -0.4 is 20.7 Å². The lowest BCUT2D eigenvalue weighted by molar-refractivity contribution is -0.154. The molecule has 43 heavy (non-hydrogen) atoms. The minimum Gasteiger partial charge on any atom is -0.454 e. The summed E-state index contributed by atoms with van der Waals surface area (Å²) in [6.45, 7) is 5.82. The van der Waals surface area contributed by atoms with Crippen molar-refractivity contribution in [3.05, 3.63) is 64.7 Å². The third-order valence-electron chi connectivity index (χ3n) is 8.99. The Labute approximate surface area is 254 Å². The number of halogens is 4. The average Bonchev–Trinajstić information content (AvgIpc) is 3.87. The minimum atomic E-state index is -4.56. The van der Waals surface area contributed by atoms with Gasteiger partial charge in [-0.1, -0.05) is 50.9 Å². The fourth-order valence-corrected chi connectivity index (χ4v) is 6.48. The van der Waals surface area contributed by atoms with Crippen molar-refractivity contribution >= 4 is 35.1 Å². The van der Waals surface area contributed by atoms with Crippen LogP contribution in [0.25, 0.3) is 0 Å². The first kappa shape index (κ1) is 30.8. The fourth-order valence-electron chi connectivity index (χ4n) is 6.35. The molecule has 0 radical (unpaired) electrons. The van der Waals surface area contributed by atoms with E-state index in [1.165, 1.54) is 0 Å². The van der Waals surface area contributed by atoms with Crippen LogP contribution in [-0.4, -0.2) is 40.2 Å². The summed E-state index contributed by atoms with van der Waals surface area (Å²) in [7, 11) is 0. The quantitative estimate of drug-likeness (QED) is 0.183. The summed E-state index contributed by atoms with van der Waals surface area (Å²) in [6, 6.07) is 13.6. The molecule has 8 nitrogen and oxygen atoms in total. The molecule has 2 aromatic carbocycles. The highest BCUT2D eigenvalue weighted by Crippen LogP contribution is 2.64. The first-order valence-corrected chi connectivity index (χ1v) is 15.0. The van der Waals surface area contributed by atoms with Crippen molar-refractivity contribution in [1.82, 2.24) is 20.3 Å². The summed E-state index contributed by atoms with van der Waals surface area (Å²) in [6.07, 6.45) is 0.239. The summed E-state index contributed by atoms with van der Waals surface area (Å²) in [5, 5.41) is 9.86. The predicted molar refractivity (Wildman–Crippen MR) is 160 cm³/mol. The summed E-state index contributed by atoms with van der Waals surface area (Å²) in [5.74, 6) is 1.30. The summed E-state index contributed by atoms with van der Waals surface area (Å²) >= 11 is 6.03. The van der Waals surface area contributed by atoms with E-state index < -0.39 is 24.3 Å². The van der Waals surface area contributed by atoms with Crippen molar-refractivity contribution in [1.29, 1.82) is 0 Å². The van der Waals surface area contributed by atoms with Crippen molar-refractivity contribution in [3.63, 3.8) is 0 Å². The van der Waals surface area contributed by atoms with E-state index in [2.05, 4.69) is 51.7 Å². The molecule has 230 valence electrons. The van der Waals surface area contributed by atoms with Crippen molar-refractivity contribution in [2.45, 2.75) is 64.6 Å². The molecule has 1 aromatic heterocycles. The van der Waals surface area contributed by atoms with Gasteiger partial charge in [0.05, 0.1) is 5.54 Å². The van der Waals surface area contributed by atoms with E-state index in [9.17, 15) is 18.0 Å². The summed E-state index contributed by atoms with van der Waals surface area (Å²) in [5.41, 5.74) is 1.85. The molecule has 3 N–H and O–H groups in total. The van der Waals surface area contributed by atoms with Gasteiger partial charge in [0.2, 0.25) is 11.9 Å². The van der Waals surface area contributed by atoms with Gasteiger partial charge >= 0.3 is 12.2 Å². The Morgan fingerprint density at radius 3 is 2.28 bits per heavy atom. The van der Waals surface area contributed by atoms with Gasteiger partial charge in [0, 0.05) is 22.8 Å². The summed E-state index contributed by atoms with van der Waals surface area (Å²) in [4.78, 5) is 25.3. The maximum absolute atomic E-state index is 12.9. The number of hydrogen-bond acceptors (Lipinski definition) is 7. The molecule has 0 spiro atoms. The molecule has 3 atom stereocenters. The first-order valence-electron chi connectivity index (χ1n) is 14.6. The van der Waals surface area contributed by atoms with Gasteiger partial charge in [-0.05, 0) is 84.9 Å². The largest absolute Gasteiger partial charge is 0.454 e. The number of rotatable bonds is 13. The number of amides is 1. The van der Waals surface area contributed by atoms with E-state index in [1.807, 2.05) is 12.1 Å². The van der Waals surface area contributed by atoms with Crippen LogP contribution in [0, 0.1) is 17.3 Å². The SMILES string of the molecule is CCC1C(C)C1(CC)CCNC(=O)c1ccc(Nc2nc(NC3(c4ccc(Cl)cc4)CC3)nc(OCC(F)(F)F)n2)cc1. The van der Waals surface area contributed by atoms with E-state index in [1.54, 1.807) is 36.4 Å². The molecule has 2 fully saturated rings. The second kappa shape index (κ2) is 12.2. The lowest BCUT2D eigenvalue weighted by atomic mass is 9.93. The highest BCUT2D eigenvalue weighted by Gasteiger charge is 2.58. The molecule has 2 saturated carbocycles. The van der Waals surface area contributed by atoms with E-state index in [0.717, 1.165) is 43.6 Å². The van der Waals surface area contributed by atoms with Crippen LogP contribution in [0.3, 0.4) is 0 Å². The van der Waals surface area contributed by atoms with Crippen molar-refractivity contribution in [2.75, 3.05) is 23.8 Å². The Balaban J connectivity index is 1.26. The minimum absolute atomic E-state index is 0.00678. The molecular formula is C31H36ClF3N6O2. The molecule has 2 aliphatic carbocycles. The highest BCUT2D eigenvalue weighted by atomic mass is 35.5. The molecule has 2 aliphatic rings. The Kier molecular flexibility index (Phi) is 8.74. The Bertz CT molecular complexity index is 1430. The Morgan fingerprint density at radius 1 is 1.02 bits per heavy atom. The lowest BCUT2D eigenvalue weighted by Gasteiger charge is -2.19. The molecule has 1 heterocycles. The number of nitrogens with one attached hydrogen (secondary N) is 3. The van der Waals surface area contributed by atoms with Crippen LogP contribution in [0.2, 0.25) is 5.02 Å². The van der Waals surface area contributed by atoms with E-state index in [0.29, 0.717) is 34.2 Å². The van der Waals surface area contributed by atoms with E-state index in [-0.39, 0.29) is 17.8 Å². The highest BCUT2D eigenvalue weighted by molar-refractivity contribution is 6.30. The van der Waals surface area contributed by atoms with Crippen molar-refractivity contribution in [2.24, 2.45) is 17.3 Å². The van der Waals surface area contributed by atoms with Crippen molar-refractivity contribution < 1.29 is 22.7 Å². The average molecular weight is 617 g/mol. The number of anilines is 3. The molecule has 0 bridgehead atoms. The van der Waals surface area contributed by atoms with Crippen LogP contribution in [0.1, 0.15) is 68.8 Å². The van der Waals surface area contributed by atoms with Gasteiger partial charge in [-0.25, -0.2) is 0 Å². The first-order chi connectivity index (χ1) is 20.5. The monoisotopic (exact) mass is 616 g/mol. The number of alkyl halides is 3. The van der Waals surface area contributed by atoms with Gasteiger partial charge in [-0.3, -0.25) is 4.79 Å². The topological polar surface area (TPSA) is 101 Å². The summed E-state index contributed by atoms with van der Waals surface area (Å²) < 4.78 is 43.4. The number of aromatic nitrogens is 3. The van der Waals surface area contributed by atoms with E-state index in [4.69, 9.17) is 16.3 Å². The van der Waals surface area contributed by atoms with Gasteiger partial charge in [0.15, 0.2) is 6.61 Å². The second-order valence-corrected chi connectivity index (χ2v) is 11.9. The smallest absolute Gasteiger partial charge is 0.422 e. The van der Waals surface area contributed by atoms with Crippen LogP contribution in [0.4, 0.5) is 30.8 Å². The third-order valence-corrected chi connectivity index (χ3v) is 9.25. The molecule has 3 aromatic rings. The van der Waals surface area contributed by atoms with Gasteiger partial charge in [-0.2, -0.15) is 28.1 Å². The van der Waals surface area contributed by atoms with Crippen LogP contribution in [0.5, 0.6) is 6.01 Å². The normalized spacial score (nSPS) is 22.0. The number of carbonyl (C=O) groups excluding carboxylic acids is 1. The number of carbonyl (C=O) groups is 1. The van der Waals surface area contributed by atoms with Gasteiger partial charge in [0.1, 0.15) is 0 Å². The molecule has 0 aliphatic heterocycles. The van der Waals surface area contributed by atoms with Gasteiger partial charge < -0.3 is 20.7 Å². The van der Waals surface area contributed by atoms with Crippen LogP contribution in [0.15, 0.2) is 48.5 Å². The Hall–Kier alpha value is -3.60. The lowest BCUT2D eigenvalue weighted by Crippen LogP contribution is -2.26. The third kappa shape index (κ3) is 7.14. The zero-order chi connectivity index (χ0) is 30.8.